The maximum Gasteiger partial charge on any atom is 0.422 e. The third-order valence-corrected chi connectivity index (χ3v) is 5.76. The zero-order chi connectivity index (χ0) is 22.2. The molecule has 0 fully saturated rings. The fraction of sp³-hybridized carbons (Fsp3) is 0.348. The molecule has 2 aromatic carbocycles. The summed E-state index contributed by atoms with van der Waals surface area (Å²) in [6, 6.07) is 9.73. The van der Waals surface area contributed by atoms with Crippen molar-refractivity contribution in [1.82, 2.24) is 9.97 Å². The summed E-state index contributed by atoms with van der Waals surface area (Å²) in [5, 5.41) is 10.9. The lowest BCUT2D eigenvalue weighted by atomic mass is 9.77. The minimum Gasteiger partial charge on any atom is -0.376 e. The molecule has 0 amide bonds. The van der Waals surface area contributed by atoms with Gasteiger partial charge in [0.2, 0.25) is 0 Å². The SMILES string of the molecule is Cc1ncc2c(N=CC(O)(CC3CCCc4ccccc43)C(F)(F)F)ccc(F)c2n1. The van der Waals surface area contributed by atoms with E-state index >= 15 is 0 Å². The smallest absolute Gasteiger partial charge is 0.376 e. The van der Waals surface area contributed by atoms with Crippen molar-refractivity contribution in [3.05, 3.63) is 65.4 Å². The second kappa shape index (κ2) is 8.00. The molecule has 0 spiro atoms. The number of benzene rings is 2. The van der Waals surface area contributed by atoms with Crippen LogP contribution in [-0.4, -0.2) is 33.1 Å². The van der Waals surface area contributed by atoms with Crippen LogP contribution in [-0.2, 0) is 6.42 Å². The predicted octanol–water partition coefficient (Wildman–Crippen LogP) is 5.58. The van der Waals surface area contributed by atoms with Crippen molar-refractivity contribution in [1.29, 1.82) is 0 Å². The number of aryl methyl sites for hydroxylation is 2. The first-order chi connectivity index (χ1) is 14.7. The summed E-state index contributed by atoms with van der Waals surface area (Å²) in [5.41, 5.74) is -1.26. The van der Waals surface area contributed by atoms with Crippen LogP contribution in [0.15, 0.2) is 47.6 Å². The van der Waals surface area contributed by atoms with Gasteiger partial charge in [-0.05, 0) is 61.8 Å². The second-order valence-corrected chi connectivity index (χ2v) is 7.92. The Bertz CT molecular complexity index is 1150. The highest BCUT2D eigenvalue weighted by atomic mass is 19.4. The number of aliphatic hydroxyl groups is 1. The van der Waals surface area contributed by atoms with Crippen molar-refractivity contribution in [2.24, 2.45) is 4.99 Å². The minimum absolute atomic E-state index is 0.0288. The molecule has 2 unspecified atom stereocenters. The molecule has 1 aliphatic rings. The summed E-state index contributed by atoms with van der Waals surface area (Å²) in [6.45, 7) is 1.58. The van der Waals surface area contributed by atoms with Gasteiger partial charge in [-0.2, -0.15) is 13.2 Å². The lowest BCUT2D eigenvalue weighted by molar-refractivity contribution is -0.232. The average Bonchev–Trinajstić information content (AvgIpc) is 2.73. The number of hydrogen-bond acceptors (Lipinski definition) is 4. The van der Waals surface area contributed by atoms with Gasteiger partial charge in [0.1, 0.15) is 17.2 Å². The number of nitrogens with zero attached hydrogens (tertiary/aromatic N) is 3. The molecule has 4 rings (SSSR count). The van der Waals surface area contributed by atoms with Gasteiger partial charge in [-0.15, -0.1) is 0 Å². The van der Waals surface area contributed by atoms with E-state index in [-0.39, 0.29) is 16.6 Å². The van der Waals surface area contributed by atoms with Crippen LogP contribution in [0.3, 0.4) is 0 Å². The zero-order valence-electron chi connectivity index (χ0n) is 16.8. The normalized spacial score (nSPS) is 18.8. The summed E-state index contributed by atoms with van der Waals surface area (Å²) < 4.78 is 55.9. The highest BCUT2D eigenvalue weighted by molar-refractivity contribution is 5.91. The van der Waals surface area contributed by atoms with Crippen LogP contribution < -0.4 is 0 Å². The Hall–Kier alpha value is -2.87. The van der Waals surface area contributed by atoms with Crippen molar-refractivity contribution in [3.63, 3.8) is 0 Å². The van der Waals surface area contributed by atoms with Crippen LogP contribution in [0.1, 0.15) is 42.1 Å². The van der Waals surface area contributed by atoms with Crippen LogP contribution in [0, 0.1) is 12.7 Å². The quantitative estimate of drug-likeness (QED) is 0.433. The Kier molecular flexibility index (Phi) is 5.51. The van der Waals surface area contributed by atoms with Crippen LogP contribution in [0.25, 0.3) is 10.9 Å². The molecule has 0 saturated heterocycles. The molecule has 4 nitrogen and oxygen atoms in total. The number of fused-ring (bicyclic) bond motifs is 2. The molecule has 0 bridgehead atoms. The standard InChI is InChI=1S/C23H21F4N3O/c1-14-28-12-18-20(10-9-19(24)21(18)30-14)29-13-22(31,23(25,26)27)11-16-7-4-6-15-5-2-3-8-17(15)16/h2-3,5,8-10,12-13,16,31H,4,6-7,11H2,1H3. The van der Waals surface area contributed by atoms with Crippen LogP contribution in [0.5, 0.6) is 0 Å². The van der Waals surface area contributed by atoms with E-state index in [1.807, 2.05) is 18.2 Å². The number of alkyl halides is 3. The predicted molar refractivity (Wildman–Crippen MR) is 110 cm³/mol. The molecule has 3 aromatic rings. The van der Waals surface area contributed by atoms with Gasteiger partial charge in [-0.25, -0.2) is 14.4 Å². The number of hydrogen-bond donors (Lipinski definition) is 1. The first kappa shape index (κ1) is 21.4. The van der Waals surface area contributed by atoms with E-state index in [1.165, 1.54) is 12.3 Å². The van der Waals surface area contributed by atoms with E-state index in [4.69, 9.17) is 0 Å². The van der Waals surface area contributed by atoms with Gasteiger partial charge in [0, 0.05) is 17.8 Å². The summed E-state index contributed by atoms with van der Waals surface area (Å²) >= 11 is 0. The molecule has 0 radical (unpaired) electrons. The molecule has 0 aliphatic heterocycles. The maximum absolute atomic E-state index is 14.1. The highest BCUT2D eigenvalue weighted by Gasteiger charge is 2.54. The summed E-state index contributed by atoms with van der Waals surface area (Å²) in [6.07, 6.45) is -1.50. The van der Waals surface area contributed by atoms with E-state index < -0.39 is 29.9 Å². The Morgan fingerprint density at radius 3 is 2.74 bits per heavy atom. The van der Waals surface area contributed by atoms with Crippen LogP contribution in [0.4, 0.5) is 23.2 Å². The van der Waals surface area contributed by atoms with Gasteiger partial charge in [-0.1, -0.05) is 24.3 Å². The first-order valence-corrected chi connectivity index (χ1v) is 10.0. The average molecular weight is 431 g/mol. The maximum atomic E-state index is 14.1. The van der Waals surface area contributed by atoms with Crippen molar-refractivity contribution in [2.45, 2.75) is 50.3 Å². The Morgan fingerprint density at radius 2 is 1.97 bits per heavy atom. The van der Waals surface area contributed by atoms with E-state index in [1.54, 1.807) is 13.0 Å². The van der Waals surface area contributed by atoms with Crippen molar-refractivity contribution in [3.8, 4) is 0 Å². The molecule has 1 aromatic heterocycles. The summed E-state index contributed by atoms with van der Waals surface area (Å²) in [5.74, 6) is -0.737. The third-order valence-electron chi connectivity index (χ3n) is 5.76. The summed E-state index contributed by atoms with van der Waals surface area (Å²) in [4.78, 5) is 11.9. The van der Waals surface area contributed by atoms with Gasteiger partial charge in [-0.3, -0.25) is 4.99 Å². The number of rotatable bonds is 4. The van der Waals surface area contributed by atoms with Crippen LogP contribution >= 0.6 is 0 Å². The number of aliphatic imine (C=N–C) groups is 1. The first-order valence-electron chi connectivity index (χ1n) is 10.0. The second-order valence-electron chi connectivity index (χ2n) is 7.92. The van der Waals surface area contributed by atoms with Gasteiger partial charge in [0.15, 0.2) is 5.60 Å². The third kappa shape index (κ3) is 4.17. The molecule has 1 heterocycles. The molecule has 8 heteroatoms. The fourth-order valence-electron chi connectivity index (χ4n) is 4.13. The molecule has 2 atom stereocenters. The minimum atomic E-state index is -4.92. The highest BCUT2D eigenvalue weighted by Crippen LogP contribution is 2.42. The molecule has 162 valence electrons. The largest absolute Gasteiger partial charge is 0.422 e. The monoisotopic (exact) mass is 431 g/mol. The van der Waals surface area contributed by atoms with Gasteiger partial charge in [0.05, 0.1) is 5.69 Å². The lowest BCUT2D eigenvalue weighted by Gasteiger charge is -2.33. The Morgan fingerprint density at radius 1 is 1.19 bits per heavy atom. The molecule has 31 heavy (non-hydrogen) atoms. The molecule has 1 aliphatic carbocycles. The van der Waals surface area contributed by atoms with E-state index in [2.05, 4.69) is 15.0 Å². The Balaban J connectivity index is 1.71. The van der Waals surface area contributed by atoms with Crippen molar-refractivity contribution >= 4 is 22.8 Å². The lowest BCUT2D eigenvalue weighted by Crippen LogP contribution is -2.48. The molecule has 0 saturated carbocycles. The molecule has 1 N–H and O–H groups in total. The van der Waals surface area contributed by atoms with Crippen LogP contribution in [0.2, 0.25) is 0 Å². The number of aromatic nitrogens is 2. The Labute approximate surface area is 176 Å². The topological polar surface area (TPSA) is 58.4 Å². The van der Waals surface area contributed by atoms with E-state index in [0.717, 1.165) is 30.0 Å². The fourth-order valence-corrected chi connectivity index (χ4v) is 4.13. The van der Waals surface area contributed by atoms with Crippen molar-refractivity contribution in [2.75, 3.05) is 0 Å². The van der Waals surface area contributed by atoms with Gasteiger partial charge in [0.25, 0.3) is 0 Å². The van der Waals surface area contributed by atoms with Gasteiger partial charge >= 0.3 is 6.18 Å². The van der Waals surface area contributed by atoms with E-state index in [0.29, 0.717) is 18.5 Å². The zero-order valence-corrected chi connectivity index (χ0v) is 16.8. The van der Waals surface area contributed by atoms with Gasteiger partial charge < -0.3 is 5.11 Å². The van der Waals surface area contributed by atoms with Crippen molar-refractivity contribution < 1.29 is 22.7 Å². The molecular formula is C23H21F4N3O. The van der Waals surface area contributed by atoms with E-state index in [9.17, 15) is 22.7 Å². The number of halogens is 4. The molecular weight excluding hydrogens is 410 g/mol. The summed E-state index contributed by atoms with van der Waals surface area (Å²) in [7, 11) is 0.